The molecule has 6 nitrogen and oxygen atoms in total. The normalized spacial score (nSPS) is 17.2. The minimum atomic E-state index is -0.373. The van der Waals surface area contributed by atoms with E-state index in [9.17, 15) is 9.59 Å². The van der Waals surface area contributed by atoms with Crippen molar-refractivity contribution < 1.29 is 24.2 Å². The number of hydrogen-bond acceptors (Lipinski definition) is 5. The topological polar surface area (TPSA) is 65.1 Å². The number of carbonyl (C=O) groups excluding carboxylic acids is 2. The highest BCUT2D eigenvalue weighted by Gasteiger charge is 2.31. The van der Waals surface area contributed by atoms with E-state index in [1.165, 1.54) is 7.11 Å². The molecule has 0 aromatic heterocycles. The van der Waals surface area contributed by atoms with Crippen LogP contribution in [-0.4, -0.2) is 37.2 Å². The number of carbonyl (C=O) groups is 2. The fraction of sp³-hybridized carbons (Fsp3) is 0.714. The van der Waals surface area contributed by atoms with Crippen LogP contribution in [0.25, 0.3) is 0 Å². The predicted octanol–water partition coefficient (Wildman–Crippen LogP) is -0.355. The van der Waals surface area contributed by atoms with Crippen LogP contribution in [0.2, 0.25) is 0 Å². The van der Waals surface area contributed by atoms with E-state index in [0.717, 1.165) is 0 Å². The summed E-state index contributed by atoms with van der Waals surface area (Å²) in [7, 11) is 1.51. The van der Waals surface area contributed by atoms with Gasteiger partial charge in [-0.2, -0.15) is 0 Å². The first-order chi connectivity index (χ1) is 6.25. The van der Waals surface area contributed by atoms with Crippen LogP contribution in [0.15, 0.2) is 0 Å². The summed E-state index contributed by atoms with van der Waals surface area (Å²) >= 11 is 0. The Balaban J connectivity index is 2.20. The average Bonchev–Trinajstić information content (AvgIpc) is 2.42. The van der Waals surface area contributed by atoms with Gasteiger partial charge in [-0.25, -0.2) is 4.89 Å². The van der Waals surface area contributed by atoms with E-state index in [-0.39, 0.29) is 31.3 Å². The minimum Gasteiger partial charge on any atom is -0.382 e. The van der Waals surface area contributed by atoms with Crippen LogP contribution >= 0.6 is 0 Å². The van der Waals surface area contributed by atoms with Gasteiger partial charge in [-0.3, -0.25) is 9.59 Å². The highest BCUT2D eigenvalue weighted by Crippen LogP contribution is 2.11. The van der Waals surface area contributed by atoms with E-state index in [0.29, 0.717) is 11.7 Å². The molecule has 1 rings (SSSR count). The van der Waals surface area contributed by atoms with Gasteiger partial charge in [0, 0.05) is 20.0 Å². The van der Waals surface area contributed by atoms with Gasteiger partial charge in [-0.1, -0.05) is 0 Å². The molecule has 1 heterocycles. The van der Waals surface area contributed by atoms with Gasteiger partial charge in [0.25, 0.3) is 11.8 Å². The summed E-state index contributed by atoms with van der Waals surface area (Å²) < 4.78 is 4.67. The third kappa shape index (κ3) is 2.76. The Hall–Kier alpha value is -0.980. The van der Waals surface area contributed by atoms with Gasteiger partial charge in [-0.05, 0) is 0 Å². The first-order valence-electron chi connectivity index (χ1n) is 3.90. The maximum absolute atomic E-state index is 10.9. The average molecular weight is 189 g/mol. The Kier molecular flexibility index (Phi) is 3.81. The maximum atomic E-state index is 10.9. The first kappa shape index (κ1) is 10.1. The highest BCUT2D eigenvalue weighted by atomic mass is 17.3. The number of amides is 2. The van der Waals surface area contributed by atoms with Gasteiger partial charge < -0.3 is 4.74 Å². The molecule has 1 aliphatic heterocycles. The lowest BCUT2D eigenvalue weighted by Gasteiger charge is -2.10. The lowest BCUT2D eigenvalue weighted by atomic mass is 10.4. The summed E-state index contributed by atoms with van der Waals surface area (Å²) in [4.78, 5) is 30.9. The van der Waals surface area contributed by atoms with Crippen LogP contribution in [0.5, 0.6) is 0 Å². The van der Waals surface area contributed by atoms with Gasteiger partial charge in [0.2, 0.25) is 0 Å². The van der Waals surface area contributed by atoms with Crippen molar-refractivity contribution in [3.05, 3.63) is 0 Å². The molecule has 0 bridgehead atoms. The van der Waals surface area contributed by atoms with Crippen LogP contribution in [0.4, 0.5) is 0 Å². The molecule has 1 aliphatic rings. The summed E-state index contributed by atoms with van der Waals surface area (Å²) in [5, 5.41) is 0.635. The van der Waals surface area contributed by atoms with Crippen LogP contribution in [-0.2, 0) is 24.2 Å². The van der Waals surface area contributed by atoms with Crippen LogP contribution in [0.3, 0.4) is 0 Å². The Labute approximate surface area is 75.2 Å². The molecule has 0 aliphatic carbocycles. The molecule has 13 heavy (non-hydrogen) atoms. The number of rotatable bonds is 5. The largest absolute Gasteiger partial charge is 0.382 e. The quantitative estimate of drug-likeness (QED) is 0.256. The van der Waals surface area contributed by atoms with Crippen molar-refractivity contribution in [3.8, 4) is 0 Å². The van der Waals surface area contributed by atoms with Crippen LogP contribution in [0, 0.1) is 0 Å². The molecular formula is C7H11NO5. The van der Waals surface area contributed by atoms with Crippen molar-refractivity contribution >= 4 is 11.8 Å². The van der Waals surface area contributed by atoms with Gasteiger partial charge >= 0.3 is 0 Å². The summed E-state index contributed by atoms with van der Waals surface area (Å²) in [6, 6.07) is 0. The van der Waals surface area contributed by atoms with Crippen molar-refractivity contribution in [2.45, 2.75) is 12.8 Å². The molecule has 0 radical (unpaired) electrons. The molecule has 1 fully saturated rings. The van der Waals surface area contributed by atoms with Crippen molar-refractivity contribution in [3.63, 3.8) is 0 Å². The zero-order valence-electron chi connectivity index (χ0n) is 7.32. The highest BCUT2D eigenvalue weighted by molar-refractivity contribution is 6.00. The summed E-state index contributed by atoms with van der Waals surface area (Å²) in [6.07, 6.45) is 0.374. The van der Waals surface area contributed by atoms with Gasteiger partial charge in [0.15, 0.2) is 0 Å². The van der Waals surface area contributed by atoms with Crippen molar-refractivity contribution in [1.29, 1.82) is 0 Å². The third-order valence-corrected chi connectivity index (χ3v) is 1.50. The monoisotopic (exact) mass is 189 g/mol. The Morgan fingerprint density at radius 1 is 1.23 bits per heavy atom. The fourth-order valence-electron chi connectivity index (χ4n) is 0.847. The second kappa shape index (κ2) is 4.90. The van der Waals surface area contributed by atoms with E-state index in [1.807, 2.05) is 0 Å². The summed E-state index contributed by atoms with van der Waals surface area (Å²) in [6.45, 7) is 0.518. The molecule has 2 amide bonds. The molecule has 74 valence electrons. The van der Waals surface area contributed by atoms with Gasteiger partial charge in [0.1, 0.15) is 6.61 Å². The van der Waals surface area contributed by atoms with E-state index in [2.05, 4.69) is 14.6 Å². The number of ether oxygens (including phenoxy) is 1. The van der Waals surface area contributed by atoms with Crippen LogP contribution in [0.1, 0.15) is 12.8 Å². The second-order valence-corrected chi connectivity index (χ2v) is 2.47. The fourth-order valence-corrected chi connectivity index (χ4v) is 0.847. The Morgan fingerprint density at radius 2 is 1.85 bits per heavy atom. The molecular weight excluding hydrogens is 178 g/mol. The standard InChI is InChI=1S/C7H11NO5/c1-11-4-5-12-13-8-6(9)2-3-7(8)10/h2-5H2,1H3. The number of nitrogens with zero attached hydrogens (tertiary/aromatic N) is 1. The lowest BCUT2D eigenvalue weighted by Crippen LogP contribution is -2.29. The molecule has 0 spiro atoms. The molecule has 6 heteroatoms. The number of imide groups is 1. The molecule has 0 atom stereocenters. The SMILES string of the molecule is COCCOON1C(=O)CCC1=O. The molecule has 0 aromatic rings. The smallest absolute Gasteiger partial charge is 0.256 e. The van der Waals surface area contributed by atoms with Crippen LogP contribution < -0.4 is 0 Å². The van der Waals surface area contributed by atoms with Crippen molar-refractivity contribution in [1.82, 2.24) is 5.06 Å². The zero-order valence-corrected chi connectivity index (χ0v) is 7.32. The van der Waals surface area contributed by atoms with Crippen molar-refractivity contribution in [2.24, 2.45) is 0 Å². The molecule has 0 unspecified atom stereocenters. The first-order valence-corrected chi connectivity index (χ1v) is 3.90. The van der Waals surface area contributed by atoms with E-state index >= 15 is 0 Å². The predicted molar refractivity (Wildman–Crippen MR) is 40.0 cm³/mol. The van der Waals surface area contributed by atoms with E-state index in [4.69, 9.17) is 0 Å². The minimum absolute atomic E-state index is 0.174. The lowest BCUT2D eigenvalue weighted by molar-refractivity contribution is -0.395. The number of hydroxylamine groups is 2. The second-order valence-electron chi connectivity index (χ2n) is 2.47. The Morgan fingerprint density at radius 3 is 2.38 bits per heavy atom. The molecule has 0 aromatic carbocycles. The van der Waals surface area contributed by atoms with E-state index in [1.54, 1.807) is 0 Å². The molecule has 0 saturated carbocycles. The van der Waals surface area contributed by atoms with Crippen molar-refractivity contribution in [2.75, 3.05) is 20.3 Å². The van der Waals surface area contributed by atoms with E-state index < -0.39 is 0 Å². The summed E-state index contributed by atoms with van der Waals surface area (Å²) in [5.41, 5.74) is 0. The maximum Gasteiger partial charge on any atom is 0.256 e. The summed E-state index contributed by atoms with van der Waals surface area (Å²) in [5.74, 6) is -0.746. The Bertz CT molecular complexity index is 189. The molecule has 0 N–H and O–H groups in total. The molecule has 1 saturated heterocycles. The zero-order chi connectivity index (χ0) is 9.68. The van der Waals surface area contributed by atoms with Gasteiger partial charge in [-0.15, -0.1) is 10.1 Å². The van der Waals surface area contributed by atoms with Gasteiger partial charge in [0.05, 0.1) is 6.61 Å². The number of methoxy groups -OCH3 is 1. The number of hydrogen-bond donors (Lipinski definition) is 0. The third-order valence-electron chi connectivity index (χ3n) is 1.50.